The first-order valence-electron chi connectivity index (χ1n) is 9.14. The van der Waals surface area contributed by atoms with Gasteiger partial charge in [-0.15, -0.1) is 0 Å². The Kier molecular flexibility index (Phi) is 6.09. The highest BCUT2D eigenvalue weighted by molar-refractivity contribution is 7.80. The molecule has 152 valence electrons. The van der Waals surface area contributed by atoms with E-state index in [0.717, 1.165) is 22.9 Å². The van der Waals surface area contributed by atoms with Gasteiger partial charge in [-0.2, -0.15) is 0 Å². The number of carbonyl (C=O) groups excluding carboxylic acids is 3. The molecule has 0 saturated carbocycles. The van der Waals surface area contributed by atoms with Gasteiger partial charge in [-0.25, -0.2) is 0 Å². The summed E-state index contributed by atoms with van der Waals surface area (Å²) in [6.45, 7) is 2.53. The minimum Gasteiger partial charge on any atom is -0.383 e. The zero-order valence-corrected chi connectivity index (χ0v) is 17.0. The van der Waals surface area contributed by atoms with Crippen molar-refractivity contribution in [1.29, 1.82) is 0 Å². The topological polar surface area (TPSA) is 107 Å². The number of nitrogens with one attached hydrogen (secondary N) is 1. The van der Waals surface area contributed by atoms with Gasteiger partial charge >= 0.3 is 0 Å². The number of carbonyl (C=O) groups is 3. The van der Waals surface area contributed by atoms with Gasteiger partial charge in [0.2, 0.25) is 5.91 Å². The Labute approximate surface area is 173 Å². The molecule has 3 amide bonds. The van der Waals surface area contributed by atoms with E-state index in [4.69, 9.17) is 22.7 Å². The van der Waals surface area contributed by atoms with Crippen LogP contribution in [0.15, 0.2) is 30.0 Å². The highest BCUT2D eigenvalue weighted by Crippen LogP contribution is 2.28. The molecule has 29 heavy (non-hydrogen) atoms. The lowest BCUT2D eigenvalue weighted by molar-refractivity contribution is -0.129. The van der Waals surface area contributed by atoms with E-state index in [1.165, 1.54) is 18.1 Å². The number of amides is 3. The van der Waals surface area contributed by atoms with E-state index < -0.39 is 17.7 Å². The quantitative estimate of drug-likeness (QED) is 0.399. The molecule has 1 saturated heterocycles. The van der Waals surface area contributed by atoms with Gasteiger partial charge in [0.1, 0.15) is 12.1 Å². The number of fused-ring (bicyclic) bond motifs is 1. The molecule has 3 N–H and O–H groups in total. The molecule has 0 spiro atoms. The first kappa shape index (κ1) is 20.7. The third-order valence-electron chi connectivity index (χ3n) is 4.72. The third-order valence-corrected chi connectivity index (χ3v) is 5.05. The molecular formula is C20H22N4O4S. The second-order valence-electron chi connectivity index (χ2n) is 6.61. The highest BCUT2D eigenvalue weighted by Gasteiger charge is 2.33. The molecule has 1 fully saturated rings. The zero-order chi connectivity index (χ0) is 21.1. The fraction of sp³-hybridized carbons (Fsp3) is 0.300. The molecule has 0 radical (unpaired) electrons. The average Bonchev–Trinajstić information content (AvgIpc) is 3.02. The molecule has 0 unspecified atom stereocenters. The molecule has 1 aromatic carbocycles. The Hall–Kier alpha value is -3.04. The van der Waals surface area contributed by atoms with Crippen molar-refractivity contribution in [3.63, 3.8) is 0 Å². The van der Waals surface area contributed by atoms with Gasteiger partial charge in [0.05, 0.1) is 18.7 Å². The number of hydrogen-bond acceptors (Lipinski definition) is 5. The molecule has 1 aromatic heterocycles. The number of ether oxygens (including phenoxy) is 1. The van der Waals surface area contributed by atoms with Gasteiger partial charge in [-0.1, -0.05) is 25.1 Å². The van der Waals surface area contributed by atoms with Crippen molar-refractivity contribution in [3.8, 4) is 0 Å². The van der Waals surface area contributed by atoms with Crippen LogP contribution in [-0.4, -0.2) is 52.6 Å². The SMILES string of the molecule is CCc1cccc2c(C=C3C(=O)NC(=S)N(CCOC)C3=O)cn(CC(N)=O)c12. The van der Waals surface area contributed by atoms with E-state index in [9.17, 15) is 14.4 Å². The van der Waals surface area contributed by atoms with E-state index in [-0.39, 0.29) is 30.4 Å². The number of primary amides is 1. The van der Waals surface area contributed by atoms with Crippen molar-refractivity contribution in [3.05, 3.63) is 41.1 Å². The Balaban J connectivity index is 2.11. The van der Waals surface area contributed by atoms with Crippen molar-refractivity contribution in [2.24, 2.45) is 5.73 Å². The van der Waals surface area contributed by atoms with Gasteiger partial charge in [0.15, 0.2) is 5.11 Å². The number of benzene rings is 1. The second-order valence-corrected chi connectivity index (χ2v) is 7.00. The number of hydrogen-bond donors (Lipinski definition) is 2. The number of para-hydroxylation sites is 1. The minimum atomic E-state index is -0.559. The predicted molar refractivity (Wildman–Crippen MR) is 113 cm³/mol. The zero-order valence-electron chi connectivity index (χ0n) is 16.2. The Bertz CT molecular complexity index is 1040. The molecule has 1 aliphatic heterocycles. The van der Waals surface area contributed by atoms with Crippen LogP contribution in [0.5, 0.6) is 0 Å². The summed E-state index contributed by atoms with van der Waals surface area (Å²) >= 11 is 5.11. The molecule has 2 aromatic rings. The lowest BCUT2D eigenvalue weighted by Gasteiger charge is -2.28. The summed E-state index contributed by atoms with van der Waals surface area (Å²) in [7, 11) is 1.52. The molecule has 0 bridgehead atoms. The van der Waals surface area contributed by atoms with E-state index in [1.54, 1.807) is 10.8 Å². The van der Waals surface area contributed by atoms with Gasteiger partial charge in [-0.3, -0.25) is 24.6 Å². The smallest absolute Gasteiger partial charge is 0.265 e. The fourth-order valence-corrected chi connectivity index (χ4v) is 3.66. The van der Waals surface area contributed by atoms with E-state index >= 15 is 0 Å². The maximum atomic E-state index is 12.9. The average molecular weight is 414 g/mol. The number of thiocarbonyl (C=S) groups is 1. The number of nitrogens with two attached hydrogens (primary N) is 1. The monoisotopic (exact) mass is 414 g/mol. The molecular weight excluding hydrogens is 392 g/mol. The molecule has 8 nitrogen and oxygen atoms in total. The molecule has 1 aliphatic rings. The number of rotatable bonds is 7. The van der Waals surface area contributed by atoms with Crippen LogP contribution in [-0.2, 0) is 32.1 Å². The summed E-state index contributed by atoms with van der Waals surface area (Å²) in [6.07, 6.45) is 4.02. The minimum absolute atomic E-state index is 0.000872. The first-order valence-corrected chi connectivity index (χ1v) is 9.55. The summed E-state index contributed by atoms with van der Waals surface area (Å²) in [5.41, 5.74) is 7.91. The second kappa shape index (κ2) is 8.54. The van der Waals surface area contributed by atoms with Crippen LogP contribution in [0.4, 0.5) is 0 Å². The van der Waals surface area contributed by atoms with Crippen LogP contribution < -0.4 is 11.1 Å². The number of methoxy groups -OCH3 is 1. The van der Waals surface area contributed by atoms with Gasteiger partial charge in [0.25, 0.3) is 11.8 Å². The van der Waals surface area contributed by atoms with Crippen LogP contribution in [0, 0.1) is 0 Å². The van der Waals surface area contributed by atoms with Crippen LogP contribution in [0.25, 0.3) is 17.0 Å². The van der Waals surface area contributed by atoms with Gasteiger partial charge in [0, 0.05) is 24.3 Å². The van der Waals surface area contributed by atoms with Crippen molar-refractivity contribution in [1.82, 2.24) is 14.8 Å². The van der Waals surface area contributed by atoms with Gasteiger partial charge in [-0.05, 0) is 30.3 Å². The Morgan fingerprint density at radius 1 is 1.34 bits per heavy atom. The fourth-order valence-electron chi connectivity index (χ4n) is 3.39. The Morgan fingerprint density at radius 3 is 2.76 bits per heavy atom. The summed E-state index contributed by atoms with van der Waals surface area (Å²) in [6, 6.07) is 5.76. The number of aryl methyl sites for hydroxylation is 1. The normalized spacial score (nSPS) is 16.0. The maximum absolute atomic E-state index is 12.9. The van der Waals surface area contributed by atoms with Crippen LogP contribution in [0.2, 0.25) is 0 Å². The highest BCUT2D eigenvalue weighted by atomic mass is 32.1. The lowest BCUT2D eigenvalue weighted by atomic mass is 10.0. The first-order chi connectivity index (χ1) is 13.9. The third kappa shape index (κ3) is 4.06. The predicted octanol–water partition coefficient (Wildman–Crippen LogP) is 0.962. The number of nitrogens with zero attached hydrogens (tertiary/aromatic N) is 2. The molecule has 3 rings (SSSR count). The Morgan fingerprint density at radius 2 is 2.10 bits per heavy atom. The van der Waals surface area contributed by atoms with Crippen LogP contribution in [0.3, 0.4) is 0 Å². The van der Waals surface area contributed by atoms with Gasteiger partial charge < -0.3 is 15.0 Å². The standard InChI is InChI=1S/C20H22N4O4S/c1-3-12-5-4-6-14-13(10-23(17(12)14)11-16(21)25)9-15-18(26)22-20(29)24(19(15)27)7-8-28-2/h4-6,9-10H,3,7-8,11H2,1-2H3,(H2,21,25)(H,22,26,29). The molecule has 0 atom stereocenters. The van der Waals surface area contributed by atoms with Crippen molar-refractivity contribution in [2.75, 3.05) is 20.3 Å². The largest absolute Gasteiger partial charge is 0.383 e. The van der Waals surface area contributed by atoms with Crippen LogP contribution in [0.1, 0.15) is 18.1 Å². The van der Waals surface area contributed by atoms with E-state index in [2.05, 4.69) is 5.32 Å². The molecule has 2 heterocycles. The molecule has 9 heteroatoms. The lowest BCUT2D eigenvalue weighted by Crippen LogP contribution is -2.54. The summed E-state index contributed by atoms with van der Waals surface area (Å²) in [5, 5.41) is 3.42. The van der Waals surface area contributed by atoms with Crippen molar-refractivity contribution in [2.45, 2.75) is 19.9 Å². The van der Waals surface area contributed by atoms with Crippen molar-refractivity contribution < 1.29 is 19.1 Å². The van der Waals surface area contributed by atoms with Crippen molar-refractivity contribution >= 4 is 52.0 Å². The molecule has 0 aliphatic carbocycles. The number of aromatic nitrogens is 1. The summed E-state index contributed by atoms with van der Waals surface area (Å²) in [4.78, 5) is 38.2. The summed E-state index contributed by atoms with van der Waals surface area (Å²) < 4.78 is 6.76. The maximum Gasteiger partial charge on any atom is 0.265 e. The summed E-state index contributed by atoms with van der Waals surface area (Å²) in [5.74, 6) is -1.52. The van der Waals surface area contributed by atoms with E-state index in [0.29, 0.717) is 5.56 Å². The van der Waals surface area contributed by atoms with Crippen LogP contribution >= 0.6 is 12.2 Å². The van der Waals surface area contributed by atoms with E-state index in [1.807, 2.05) is 25.1 Å².